The Bertz CT molecular complexity index is 866. The van der Waals surface area contributed by atoms with Crippen LogP contribution in [0.2, 0.25) is 0 Å². The molecule has 28 heavy (non-hydrogen) atoms. The largest absolute Gasteiger partial charge is 0.374 e. The van der Waals surface area contributed by atoms with Crippen LogP contribution >= 0.6 is 11.3 Å². The third kappa shape index (κ3) is 4.85. The molecule has 8 nitrogen and oxygen atoms in total. The maximum atomic E-state index is 12.7. The molecule has 1 aliphatic rings. The Morgan fingerprint density at radius 3 is 2.89 bits per heavy atom. The maximum Gasteiger partial charge on any atom is 0.237 e. The Labute approximate surface area is 168 Å². The van der Waals surface area contributed by atoms with E-state index in [0.29, 0.717) is 29.8 Å². The summed E-state index contributed by atoms with van der Waals surface area (Å²) in [6, 6.07) is 7.68. The van der Waals surface area contributed by atoms with Gasteiger partial charge in [0.25, 0.3) is 0 Å². The Balaban J connectivity index is 1.68. The molecule has 1 fully saturated rings. The number of nitrogen functional groups attached to an aromatic ring is 1. The smallest absolute Gasteiger partial charge is 0.237 e. The van der Waals surface area contributed by atoms with Gasteiger partial charge in [0.2, 0.25) is 16.9 Å². The van der Waals surface area contributed by atoms with Crippen molar-refractivity contribution in [1.82, 2.24) is 25.7 Å². The summed E-state index contributed by atoms with van der Waals surface area (Å²) in [4.78, 5) is 27.2. The van der Waals surface area contributed by atoms with E-state index in [1.54, 1.807) is 0 Å². The first kappa shape index (κ1) is 20.2. The molecule has 9 heteroatoms. The average Bonchev–Trinajstić information content (AvgIpc) is 3.05. The Morgan fingerprint density at radius 1 is 1.43 bits per heavy atom. The average molecular weight is 403 g/mol. The molecule has 3 rings (SSSR count). The molecule has 2 heterocycles. The van der Waals surface area contributed by atoms with Gasteiger partial charge < -0.3 is 16.4 Å². The molecule has 150 valence electrons. The van der Waals surface area contributed by atoms with Crippen molar-refractivity contribution in [2.45, 2.75) is 45.3 Å². The fourth-order valence-corrected chi connectivity index (χ4v) is 4.00. The van der Waals surface area contributed by atoms with Crippen molar-refractivity contribution >= 4 is 28.3 Å². The molecule has 0 unspecified atom stereocenters. The summed E-state index contributed by atoms with van der Waals surface area (Å²) in [5.41, 5.74) is 7.24. The quantitative estimate of drug-likeness (QED) is 0.668. The third-order valence-electron chi connectivity index (χ3n) is 4.72. The van der Waals surface area contributed by atoms with Crippen LogP contribution in [-0.2, 0) is 21.7 Å². The van der Waals surface area contributed by atoms with Gasteiger partial charge in [-0.25, -0.2) is 0 Å². The number of carbonyl (C=O) groups is 2. The fourth-order valence-electron chi connectivity index (χ4n) is 3.33. The molecular weight excluding hydrogens is 376 g/mol. The molecule has 1 atom stereocenters. The molecule has 0 spiro atoms. The summed E-state index contributed by atoms with van der Waals surface area (Å²) in [5, 5.41) is 14.6. The zero-order chi connectivity index (χ0) is 20.3. The number of carbonyl (C=O) groups excluding carboxylic acids is 2. The first-order valence-corrected chi connectivity index (χ1v) is 10.0. The normalized spacial score (nSPS) is 18.0. The second-order valence-electron chi connectivity index (χ2n) is 7.59. The second kappa shape index (κ2) is 8.24. The van der Waals surface area contributed by atoms with E-state index < -0.39 is 11.6 Å². The molecule has 1 aromatic heterocycles. The van der Waals surface area contributed by atoms with Gasteiger partial charge in [0.1, 0.15) is 5.01 Å². The molecular formula is C19H26N6O2S. The zero-order valence-corrected chi connectivity index (χ0v) is 17.2. The van der Waals surface area contributed by atoms with Crippen molar-refractivity contribution in [3.8, 4) is 0 Å². The lowest BCUT2D eigenvalue weighted by atomic mass is 10.0. The van der Waals surface area contributed by atoms with Crippen molar-refractivity contribution in [2.24, 2.45) is 0 Å². The molecule has 1 aromatic carbocycles. The second-order valence-corrected chi connectivity index (χ2v) is 8.60. The van der Waals surface area contributed by atoms with Crippen LogP contribution in [0.3, 0.4) is 0 Å². The summed E-state index contributed by atoms with van der Waals surface area (Å²) in [7, 11) is 0. The molecule has 0 radical (unpaired) electrons. The number of benzene rings is 1. The number of aryl methyl sites for hydroxylation is 1. The predicted molar refractivity (Wildman–Crippen MR) is 108 cm³/mol. The molecule has 0 saturated carbocycles. The standard InChI is InChI=1S/C19H26N6O2S/c1-12-5-4-6-13(9-12)11-25-8-7-21-16(27)14(25)10-15(26)22-19(2,3)17-23-24-18(20)28-17/h4-6,9,14H,7-8,10-11H2,1-3H3,(H2,20,24)(H,21,27)(H,22,26)/t14-/m1/s1. The number of nitrogens with zero attached hydrogens (tertiary/aromatic N) is 3. The van der Waals surface area contributed by atoms with Crippen LogP contribution in [0.4, 0.5) is 5.13 Å². The summed E-state index contributed by atoms with van der Waals surface area (Å²) >= 11 is 1.24. The molecule has 1 aliphatic heterocycles. The number of nitrogens with one attached hydrogen (secondary N) is 2. The van der Waals surface area contributed by atoms with E-state index in [1.807, 2.05) is 39.0 Å². The van der Waals surface area contributed by atoms with Gasteiger partial charge in [-0.1, -0.05) is 41.2 Å². The molecule has 2 aromatic rings. The van der Waals surface area contributed by atoms with Gasteiger partial charge in [0.15, 0.2) is 0 Å². The SMILES string of the molecule is Cc1cccc(CN2CCNC(=O)[C@H]2CC(=O)NC(C)(C)c2nnc(N)s2)c1. The minimum Gasteiger partial charge on any atom is -0.374 e. The van der Waals surface area contributed by atoms with E-state index in [9.17, 15) is 9.59 Å². The number of hydrogen-bond donors (Lipinski definition) is 3. The van der Waals surface area contributed by atoms with Gasteiger partial charge in [-0.15, -0.1) is 10.2 Å². The van der Waals surface area contributed by atoms with Crippen molar-refractivity contribution in [3.63, 3.8) is 0 Å². The van der Waals surface area contributed by atoms with Crippen LogP contribution in [0.15, 0.2) is 24.3 Å². The number of piperazine rings is 1. The van der Waals surface area contributed by atoms with Crippen LogP contribution in [0.25, 0.3) is 0 Å². The Morgan fingerprint density at radius 2 is 2.21 bits per heavy atom. The van der Waals surface area contributed by atoms with Crippen molar-refractivity contribution < 1.29 is 9.59 Å². The third-order valence-corrected chi connectivity index (χ3v) is 5.79. The fraction of sp³-hybridized carbons (Fsp3) is 0.474. The van der Waals surface area contributed by atoms with E-state index in [-0.39, 0.29) is 18.2 Å². The highest BCUT2D eigenvalue weighted by molar-refractivity contribution is 7.15. The van der Waals surface area contributed by atoms with Gasteiger partial charge in [-0.05, 0) is 26.3 Å². The number of hydrogen-bond acceptors (Lipinski definition) is 7. The van der Waals surface area contributed by atoms with Crippen molar-refractivity contribution in [1.29, 1.82) is 0 Å². The highest BCUT2D eigenvalue weighted by atomic mass is 32.1. The lowest BCUT2D eigenvalue weighted by Gasteiger charge is -2.35. The monoisotopic (exact) mass is 402 g/mol. The summed E-state index contributed by atoms with van der Waals surface area (Å²) in [5.74, 6) is -0.331. The summed E-state index contributed by atoms with van der Waals surface area (Å²) < 4.78 is 0. The van der Waals surface area contributed by atoms with Crippen LogP contribution in [0.1, 0.15) is 36.4 Å². The van der Waals surface area contributed by atoms with Crippen molar-refractivity contribution in [3.05, 3.63) is 40.4 Å². The summed E-state index contributed by atoms with van der Waals surface area (Å²) in [6.45, 7) is 7.64. The minimum absolute atomic E-state index is 0.0787. The Hall–Kier alpha value is -2.52. The first-order valence-electron chi connectivity index (χ1n) is 9.22. The molecule has 0 aliphatic carbocycles. The number of amides is 2. The summed E-state index contributed by atoms with van der Waals surface area (Å²) in [6.07, 6.45) is 0.0787. The molecule has 0 bridgehead atoms. The molecule has 1 saturated heterocycles. The van der Waals surface area contributed by atoms with E-state index in [2.05, 4.69) is 31.8 Å². The highest BCUT2D eigenvalue weighted by Gasteiger charge is 2.34. The number of anilines is 1. The van der Waals surface area contributed by atoms with Gasteiger partial charge in [0.05, 0.1) is 18.0 Å². The van der Waals surface area contributed by atoms with Gasteiger partial charge in [-0.2, -0.15) is 0 Å². The lowest BCUT2D eigenvalue weighted by molar-refractivity contribution is -0.134. The maximum absolute atomic E-state index is 12.7. The van der Waals surface area contributed by atoms with E-state index >= 15 is 0 Å². The van der Waals surface area contributed by atoms with E-state index in [1.165, 1.54) is 16.9 Å². The van der Waals surface area contributed by atoms with Gasteiger partial charge in [0, 0.05) is 19.6 Å². The topological polar surface area (TPSA) is 113 Å². The van der Waals surface area contributed by atoms with Crippen LogP contribution in [0, 0.1) is 6.92 Å². The van der Waals surface area contributed by atoms with Crippen LogP contribution in [-0.4, -0.2) is 46.0 Å². The van der Waals surface area contributed by atoms with Crippen molar-refractivity contribution in [2.75, 3.05) is 18.8 Å². The Kier molecular flexibility index (Phi) is 5.95. The molecule has 2 amide bonds. The van der Waals surface area contributed by atoms with E-state index in [4.69, 9.17) is 5.73 Å². The highest BCUT2D eigenvalue weighted by Crippen LogP contribution is 2.25. The molecule has 4 N–H and O–H groups in total. The van der Waals surface area contributed by atoms with Gasteiger partial charge in [-0.3, -0.25) is 14.5 Å². The lowest BCUT2D eigenvalue weighted by Crippen LogP contribution is -2.56. The van der Waals surface area contributed by atoms with E-state index in [0.717, 1.165) is 5.56 Å². The van der Waals surface area contributed by atoms with Gasteiger partial charge >= 0.3 is 0 Å². The number of aromatic nitrogens is 2. The van der Waals surface area contributed by atoms with Crippen LogP contribution in [0.5, 0.6) is 0 Å². The predicted octanol–water partition coefficient (Wildman–Crippen LogP) is 1.17. The minimum atomic E-state index is -0.709. The number of rotatable bonds is 6. The van der Waals surface area contributed by atoms with Crippen LogP contribution < -0.4 is 16.4 Å². The number of nitrogens with two attached hydrogens (primary N) is 1. The zero-order valence-electron chi connectivity index (χ0n) is 16.4. The first-order chi connectivity index (χ1) is 13.2.